The molecular formula is C14H21ClN2O. The van der Waals surface area contributed by atoms with Gasteiger partial charge in [-0.15, -0.1) is 0 Å². The first-order valence-corrected chi connectivity index (χ1v) is 6.89. The number of hydrogen-bond acceptors (Lipinski definition) is 3. The summed E-state index contributed by atoms with van der Waals surface area (Å²) in [5.74, 6) is 0. The second-order valence-corrected chi connectivity index (χ2v) is 5.38. The molecule has 2 rings (SSSR count). The molecule has 0 aromatic heterocycles. The predicted octanol–water partition coefficient (Wildman–Crippen LogP) is 2.06. The molecule has 2 N–H and O–H groups in total. The Morgan fingerprint density at radius 1 is 1.50 bits per heavy atom. The van der Waals surface area contributed by atoms with Crippen molar-refractivity contribution in [3.63, 3.8) is 0 Å². The molecule has 100 valence electrons. The summed E-state index contributed by atoms with van der Waals surface area (Å²) in [5.41, 5.74) is 0.798. The summed E-state index contributed by atoms with van der Waals surface area (Å²) in [4.78, 5) is 2.37. The highest BCUT2D eigenvalue weighted by atomic mass is 35.5. The molecule has 1 aliphatic heterocycles. The molecular weight excluding hydrogens is 248 g/mol. The molecule has 18 heavy (non-hydrogen) atoms. The number of hydrogen-bond donors (Lipinski definition) is 2. The van der Waals surface area contributed by atoms with Crippen molar-refractivity contribution < 1.29 is 5.11 Å². The molecule has 0 spiro atoms. The average molecular weight is 269 g/mol. The van der Waals surface area contributed by atoms with E-state index in [4.69, 9.17) is 11.6 Å². The minimum atomic E-state index is -0.537. The van der Waals surface area contributed by atoms with Crippen LogP contribution in [0.5, 0.6) is 0 Å². The van der Waals surface area contributed by atoms with Crippen LogP contribution in [0.2, 0.25) is 5.02 Å². The van der Waals surface area contributed by atoms with Crippen LogP contribution in [0.4, 0.5) is 0 Å². The summed E-state index contributed by atoms with van der Waals surface area (Å²) in [6.07, 6.45) is 1.98. The van der Waals surface area contributed by atoms with Gasteiger partial charge in [0.15, 0.2) is 0 Å². The topological polar surface area (TPSA) is 35.5 Å². The maximum atomic E-state index is 10.1. The largest absolute Gasteiger partial charge is 0.387 e. The Morgan fingerprint density at radius 2 is 2.28 bits per heavy atom. The van der Waals surface area contributed by atoms with Gasteiger partial charge in [-0.1, -0.05) is 29.8 Å². The smallest absolute Gasteiger partial charge is 0.0928 e. The van der Waals surface area contributed by atoms with E-state index in [1.165, 1.54) is 19.4 Å². The van der Waals surface area contributed by atoms with Crippen LogP contribution in [0.3, 0.4) is 0 Å². The van der Waals surface area contributed by atoms with E-state index >= 15 is 0 Å². The molecule has 1 aromatic carbocycles. The lowest BCUT2D eigenvalue weighted by Gasteiger charge is -2.21. The van der Waals surface area contributed by atoms with Gasteiger partial charge in [0.2, 0.25) is 0 Å². The van der Waals surface area contributed by atoms with E-state index in [1.807, 2.05) is 24.3 Å². The minimum Gasteiger partial charge on any atom is -0.387 e. The Labute approximate surface area is 114 Å². The van der Waals surface area contributed by atoms with Crippen molar-refractivity contribution in [2.24, 2.45) is 0 Å². The van der Waals surface area contributed by atoms with Crippen LogP contribution in [0.15, 0.2) is 24.3 Å². The normalized spacial score (nSPS) is 22.3. The molecule has 2 atom stereocenters. The molecule has 0 radical (unpaired) electrons. The van der Waals surface area contributed by atoms with Crippen molar-refractivity contribution in [3.05, 3.63) is 34.9 Å². The molecule has 1 aliphatic rings. The van der Waals surface area contributed by atoms with Crippen LogP contribution in [0.1, 0.15) is 24.5 Å². The average Bonchev–Trinajstić information content (AvgIpc) is 2.75. The monoisotopic (exact) mass is 268 g/mol. The summed E-state index contributed by atoms with van der Waals surface area (Å²) in [7, 11) is 2.16. The van der Waals surface area contributed by atoms with Gasteiger partial charge < -0.3 is 15.3 Å². The van der Waals surface area contributed by atoms with E-state index in [0.29, 0.717) is 17.6 Å². The van der Waals surface area contributed by atoms with Crippen LogP contribution in [0.25, 0.3) is 0 Å². The first kappa shape index (κ1) is 13.8. The molecule has 1 fully saturated rings. The molecule has 3 nitrogen and oxygen atoms in total. The van der Waals surface area contributed by atoms with Crippen LogP contribution < -0.4 is 5.32 Å². The summed E-state index contributed by atoms with van der Waals surface area (Å²) < 4.78 is 0. The lowest BCUT2D eigenvalue weighted by atomic mass is 10.1. The SMILES string of the molecule is CN1CCCC1CNCC(O)c1ccccc1Cl. The summed E-state index contributed by atoms with van der Waals surface area (Å²) >= 11 is 6.05. The van der Waals surface area contributed by atoms with Gasteiger partial charge in [-0.3, -0.25) is 0 Å². The zero-order valence-electron chi connectivity index (χ0n) is 10.8. The zero-order chi connectivity index (χ0) is 13.0. The Hall–Kier alpha value is -0.610. The molecule has 0 bridgehead atoms. The number of nitrogens with one attached hydrogen (secondary N) is 1. The number of aliphatic hydroxyl groups is 1. The molecule has 0 amide bonds. The van der Waals surface area contributed by atoms with Crippen molar-refractivity contribution in [2.75, 3.05) is 26.7 Å². The van der Waals surface area contributed by atoms with E-state index in [0.717, 1.165) is 12.1 Å². The highest BCUT2D eigenvalue weighted by Crippen LogP contribution is 2.22. The number of halogens is 1. The van der Waals surface area contributed by atoms with Crippen molar-refractivity contribution >= 4 is 11.6 Å². The van der Waals surface area contributed by atoms with Crippen molar-refractivity contribution in [2.45, 2.75) is 25.0 Å². The Balaban J connectivity index is 1.78. The second-order valence-electron chi connectivity index (χ2n) is 4.97. The van der Waals surface area contributed by atoms with Gasteiger partial charge in [0.25, 0.3) is 0 Å². The van der Waals surface area contributed by atoms with Crippen LogP contribution in [0, 0.1) is 0 Å². The number of rotatable bonds is 5. The molecule has 0 saturated carbocycles. The fourth-order valence-corrected chi connectivity index (χ4v) is 2.74. The molecule has 2 unspecified atom stereocenters. The maximum Gasteiger partial charge on any atom is 0.0928 e. The molecule has 0 aliphatic carbocycles. The van der Waals surface area contributed by atoms with Crippen molar-refractivity contribution in [3.8, 4) is 0 Å². The van der Waals surface area contributed by atoms with Gasteiger partial charge in [0.1, 0.15) is 0 Å². The molecule has 1 heterocycles. The number of nitrogens with zero attached hydrogens (tertiary/aromatic N) is 1. The third-order valence-electron chi connectivity index (χ3n) is 3.65. The lowest BCUT2D eigenvalue weighted by Crippen LogP contribution is -2.37. The third kappa shape index (κ3) is 3.45. The van der Waals surface area contributed by atoms with Crippen molar-refractivity contribution in [1.82, 2.24) is 10.2 Å². The van der Waals surface area contributed by atoms with Crippen LogP contribution in [-0.4, -0.2) is 42.7 Å². The second kappa shape index (κ2) is 6.53. The van der Waals surface area contributed by atoms with E-state index < -0.39 is 6.10 Å². The first-order chi connectivity index (χ1) is 8.68. The summed E-state index contributed by atoms with van der Waals surface area (Å²) in [5, 5.41) is 14.0. The quantitative estimate of drug-likeness (QED) is 0.858. The number of likely N-dealkylation sites (tertiary alicyclic amines) is 1. The Bertz CT molecular complexity index is 386. The Morgan fingerprint density at radius 3 is 2.94 bits per heavy atom. The number of aliphatic hydroxyl groups excluding tert-OH is 1. The zero-order valence-corrected chi connectivity index (χ0v) is 11.5. The van der Waals surface area contributed by atoms with Gasteiger partial charge in [0.05, 0.1) is 6.10 Å². The van der Waals surface area contributed by atoms with Gasteiger partial charge in [-0.05, 0) is 32.5 Å². The minimum absolute atomic E-state index is 0.537. The summed E-state index contributed by atoms with van der Waals surface area (Å²) in [6.45, 7) is 2.66. The third-order valence-corrected chi connectivity index (χ3v) is 4.00. The van der Waals surface area contributed by atoms with E-state index in [2.05, 4.69) is 17.3 Å². The predicted molar refractivity (Wildman–Crippen MR) is 74.9 cm³/mol. The van der Waals surface area contributed by atoms with Gasteiger partial charge >= 0.3 is 0 Å². The maximum absolute atomic E-state index is 10.1. The van der Waals surface area contributed by atoms with Gasteiger partial charge in [-0.2, -0.15) is 0 Å². The van der Waals surface area contributed by atoms with Gasteiger partial charge in [-0.25, -0.2) is 0 Å². The van der Waals surface area contributed by atoms with E-state index in [1.54, 1.807) is 0 Å². The standard InChI is InChI=1S/C14H21ClN2O/c1-17-8-4-5-11(17)9-16-10-14(18)12-6-2-3-7-13(12)15/h2-3,6-7,11,14,16,18H,4-5,8-10H2,1H3. The Kier molecular flexibility index (Phi) is 5.01. The molecule has 1 saturated heterocycles. The fourth-order valence-electron chi connectivity index (χ4n) is 2.48. The number of benzene rings is 1. The fraction of sp³-hybridized carbons (Fsp3) is 0.571. The van der Waals surface area contributed by atoms with E-state index in [-0.39, 0.29) is 0 Å². The molecule has 4 heteroatoms. The summed E-state index contributed by atoms with van der Waals surface area (Å²) in [6, 6.07) is 8.05. The van der Waals surface area contributed by atoms with E-state index in [9.17, 15) is 5.11 Å². The lowest BCUT2D eigenvalue weighted by molar-refractivity contribution is 0.170. The van der Waals surface area contributed by atoms with Gasteiger partial charge in [0, 0.05) is 29.7 Å². The highest BCUT2D eigenvalue weighted by molar-refractivity contribution is 6.31. The highest BCUT2D eigenvalue weighted by Gasteiger charge is 2.20. The van der Waals surface area contributed by atoms with Crippen molar-refractivity contribution in [1.29, 1.82) is 0 Å². The first-order valence-electron chi connectivity index (χ1n) is 6.52. The molecule has 1 aromatic rings. The van der Waals surface area contributed by atoms with Crippen LogP contribution in [-0.2, 0) is 0 Å². The van der Waals surface area contributed by atoms with Crippen LogP contribution >= 0.6 is 11.6 Å². The number of likely N-dealkylation sites (N-methyl/N-ethyl adjacent to an activating group) is 1.